The molecule has 0 spiro atoms. The van der Waals surface area contributed by atoms with Gasteiger partial charge in [0, 0.05) is 43.7 Å². The number of nitrogens with zero attached hydrogens (tertiary/aromatic N) is 1. The molecule has 0 radical (unpaired) electrons. The van der Waals surface area contributed by atoms with Crippen molar-refractivity contribution in [1.29, 1.82) is 0 Å². The summed E-state index contributed by atoms with van der Waals surface area (Å²) in [6.45, 7) is 8.84. The third-order valence-electron chi connectivity index (χ3n) is 4.41. The monoisotopic (exact) mass is 260 g/mol. The third-order valence-corrected chi connectivity index (χ3v) is 4.41. The number of hydrogen-bond acceptors (Lipinski definition) is 3. The summed E-state index contributed by atoms with van der Waals surface area (Å²) in [6.07, 6.45) is 1.11. The number of fused-ring (bicyclic) bond motifs is 1. The van der Waals surface area contributed by atoms with Gasteiger partial charge in [0.2, 0.25) is 0 Å². The maximum absolute atomic E-state index is 5.78. The van der Waals surface area contributed by atoms with Crippen LogP contribution in [0.25, 0.3) is 0 Å². The van der Waals surface area contributed by atoms with Crippen LogP contribution < -0.4 is 10.1 Å². The fourth-order valence-corrected chi connectivity index (χ4v) is 3.23. The molecule has 3 nitrogen and oxygen atoms in total. The molecule has 1 aromatic carbocycles. The molecule has 104 valence electrons. The van der Waals surface area contributed by atoms with Crippen molar-refractivity contribution >= 4 is 0 Å². The molecule has 0 aliphatic carbocycles. The van der Waals surface area contributed by atoms with E-state index < -0.39 is 0 Å². The van der Waals surface area contributed by atoms with E-state index in [4.69, 9.17) is 4.74 Å². The minimum atomic E-state index is 0.535. The molecule has 1 aromatic rings. The molecule has 0 saturated carbocycles. The first kappa shape index (κ1) is 12.9. The first-order chi connectivity index (χ1) is 9.25. The van der Waals surface area contributed by atoms with E-state index in [0.29, 0.717) is 18.0 Å². The number of benzene rings is 1. The second-order valence-corrected chi connectivity index (χ2v) is 5.99. The highest BCUT2D eigenvalue weighted by Gasteiger charge is 2.31. The molecule has 19 heavy (non-hydrogen) atoms. The Labute approximate surface area is 115 Å². The number of hydrogen-bond donors (Lipinski definition) is 1. The Hall–Kier alpha value is -1.06. The summed E-state index contributed by atoms with van der Waals surface area (Å²) in [6, 6.07) is 9.67. The van der Waals surface area contributed by atoms with Gasteiger partial charge in [0.05, 0.1) is 6.61 Å². The molecule has 0 bridgehead atoms. The Bertz CT molecular complexity index is 433. The summed E-state index contributed by atoms with van der Waals surface area (Å²) in [5, 5.41) is 3.64. The quantitative estimate of drug-likeness (QED) is 0.884. The van der Waals surface area contributed by atoms with Crippen LogP contribution >= 0.6 is 0 Å². The molecule has 1 N–H and O–H groups in total. The van der Waals surface area contributed by atoms with E-state index in [-0.39, 0.29) is 0 Å². The Balaban J connectivity index is 1.79. The Kier molecular flexibility index (Phi) is 3.76. The van der Waals surface area contributed by atoms with Gasteiger partial charge in [0.1, 0.15) is 5.75 Å². The minimum absolute atomic E-state index is 0.535. The van der Waals surface area contributed by atoms with Gasteiger partial charge < -0.3 is 10.1 Å². The minimum Gasteiger partial charge on any atom is -0.493 e. The summed E-state index contributed by atoms with van der Waals surface area (Å²) in [5.74, 6) is 1.77. The first-order valence-corrected chi connectivity index (χ1v) is 7.45. The normalized spacial score (nSPS) is 27.9. The molecule has 2 aliphatic rings. The molecule has 2 unspecified atom stereocenters. The molecule has 1 saturated heterocycles. The van der Waals surface area contributed by atoms with E-state index in [9.17, 15) is 0 Å². The maximum atomic E-state index is 5.78. The molecule has 1 fully saturated rings. The molecule has 2 aliphatic heterocycles. The highest BCUT2D eigenvalue weighted by Crippen LogP contribution is 2.36. The topological polar surface area (TPSA) is 24.5 Å². The lowest BCUT2D eigenvalue weighted by molar-refractivity contribution is 0.0955. The highest BCUT2D eigenvalue weighted by atomic mass is 16.5. The highest BCUT2D eigenvalue weighted by molar-refractivity contribution is 5.37. The zero-order chi connectivity index (χ0) is 13.2. The number of nitrogens with one attached hydrogen (secondary N) is 1. The fourth-order valence-electron chi connectivity index (χ4n) is 3.23. The molecular formula is C16H24N2O. The van der Waals surface area contributed by atoms with E-state index in [1.807, 2.05) is 0 Å². The number of rotatable bonds is 2. The van der Waals surface area contributed by atoms with Crippen LogP contribution in [0, 0.1) is 5.92 Å². The van der Waals surface area contributed by atoms with Crippen molar-refractivity contribution in [2.24, 2.45) is 5.92 Å². The van der Waals surface area contributed by atoms with Crippen molar-refractivity contribution in [2.45, 2.75) is 32.4 Å². The average molecular weight is 260 g/mol. The van der Waals surface area contributed by atoms with E-state index in [0.717, 1.165) is 38.4 Å². The Morgan fingerprint density at radius 1 is 1.32 bits per heavy atom. The first-order valence-electron chi connectivity index (χ1n) is 7.45. The zero-order valence-corrected chi connectivity index (χ0v) is 11.9. The lowest BCUT2D eigenvalue weighted by Gasteiger charge is -2.42. The standard InChI is InChI=1S/C16H24N2O/c1-12(2)14-11-18(9-8-17-14)15-7-10-19-16-6-4-3-5-13(15)16/h3-6,12,14-15,17H,7-11H2,1-2H3. The van der Waals surface area contributed by atoms with Crippen LogP contribution in [0.3, 0.4) is 0 Å². The van der Waals surface area contributed by atoms with Gasteiger partial charge in [0.15, 0.2) is 0 Å². The van der Waals surface area contributed by atoms with Crippen molar-refractivity contribution in [3.63, 3.8) is 0 Å². The smallest absolute Gasteiger partial charge is 0.124 e. The second-order valence-electron chi connectivity index (χ2n) is 5.99. The van der Waals surface area contributed by atoms with Crippen molar-refractivity contribution in [1.82, 2.24) is 10.2 Å². The van der Waals surface area contributed by atoms with Crippen LogP contribution in [0.5, 0.6) is 5.75 Å². The van der Waals surface area contributed by atoms with E-state index in [1.54, 1.807) is 0 Å². The van der Waals surface area contributed by atoms with Crippen LogP contribution in [-0.2, 0) is 0 Å². The summed E-state index contributed by atoms with van der Waals surface area (Å²) in [4.78, 5) is 2.64. The molecule has 3 heteroatoms. The third kappa shape index (κ3) is 2.63. The van der Waals surface area contributed by atoms with Gasteiger partial charge in [0.25, 0.3) is 0 Å². The van der Waals surface area contributed by atoms with Gasteiger partial charge in [-0.05, 0) is 12.0 Å². The summed E-state index contributed by atoms with van der Waals surface area (Å²) in [7, 11) is 0. The van der Waals surface area contributed by atoms with Gasteiger partial charge >= 0.3 is 0 Å². The van der Waals surface area contributed by atoms with Crippen LogP contribution in [0.1, 0.15) is 31.9 Å². The second kappa shape index (κ2) is 5.51. The maximum Gasteiger partial charge on any atom is 0.124 e. The Morgan fingerprint density at radius 3 is 3.00 bits per heavy atom. The average Bonchev–Trinajstić information content (AvgIpc) is 2.47. The van der Waals surface area contributed by atoms with E-state index in [2.05, 4.69) is 48.3 Å². The molecule has 0 amide bonds. The van der Waals surface area contributed by atoms with E-state index in [1.165, 1.54) is 5.56 Å². The summed E-state index contributed by atoms with van der Waals surface area (Å²) < 4.78 is 5.78. The van der Waals surface area contributed by atoms with Gasteiger partial charge in [-0.2, -0.15) is 0 Å². The zero-order valence-electron chi connectivity index (χ0n) is 11.9. The van der Waals surface area contributed by atoms with Crippen LogP contribution in [0.2, 0.25) is 0 Å². The van der Waals surface area contributed by atoms with E-state index >= 15 is 0 Å². The molecule has 2 atom stereocenters. The Morgan fingerprint density at radius 2 is 2.16 bits per heavy atom. The van der Waals surface area contributed by atoms with Gasteiger partial charge in [-0.15, -0.1) is 0 Å². The van der Waals surface area contributed by atoms with Crippen LogP contribution in [0.4, 0.5) is 0 Å². The van der Waals surface area contributed by atoms with Crippen molar-refractivity contribution in [3.8, 4) is 5.75 Å². The van der Waals surface area contributed by atoms with Gasteiger partial charge in [-0.25, -0.2) is 0 Å². The van der Waals surface area contributed by atoms with Crippen LogP contribution in [0.15, 0.2) is 24.3 Å². The SMILES string of the molecule is CC(C)C1CN(C2CCOc3ccccc32)CCN1. The van der Waals surface area contributed by atoms with Gasteiger partial charge in [-0.3, -0.25) is 4.90 Å². The molecule has 3 rings (SSSR count). The van der Waals surface area contributed by atoms with Crippen molar-refractivity contribution in [3.05, 3.63) is 29.8 Å². The summed E-state index contributed by atoms with van der Waals surface area (Å²) in [5.41, 5.74) is 1.37. The number of para-hydroxylation sites is 1. The van der Waals surface area contributed by atoms with Crippen molar-refractivity contribution in [2.75, 3.05) is 26.2 Å². The van der Waals surface area contributed by atoms with Gasteiger partial charge in [-0.1, -0.05) is 32.0 Å². The molecule has 0 aromatic heterocycles. The molecule has 2 heterocycles. The van der Waals surface area contributed by atoms with Crippen molar-refractivity contribution < 1.29 is 4.74 Å². The predicted molar refractivity (Wildman–Crippen MR) is 77.5 cm³/mol. The predicted octanol–water partition coefficient (Wildman–Crippen LogP) is 2.44. The largest absolute Gasteiger partial charge is 0.493 e. The lowest BCUT2D eigenvalue weighted by atomic mass is 9.95. The van der Waals surface area contributed by atoms with Crippen LogP contribution in [-0.4, -0.2) is 37.2 Å². The number of piperazine rings is 1. The summed E-state index contributed by atoms with van der Waals surface area (Å²) >= 11 is 0. The lowest BCUT2D eigenvalue weighted by Crippen LogP contribution is -2.54. The molecular weight excluding hydrogens is 236 g/mol. The fraction of sp³-hybridized carbons (Fsp3) is 0.625. The number of ether oxygens (including phenoxy) is 1.